The van der Waals surface area contributed by atoms with Crippen molar-refractivity contribution in [2.75, 3.05) is 6.61 Å². The van der Waals surface area contributed by atoms with E-state index >= 15 is 0 Å². The minimum absolute atomic E-state index is 0.0134. The van der Waals surface area contributed by atoms with Crippen molar-refractivity contribution in [3.05, 3.63) is 4.91 Å². The van der Waals surface area contributed by atoms with E-state index in [9.17, 15) is 9.47 Å². The summed E-state index contributed by atoms with van der Waals surface area (Å²) in [7, 11) is -4.10. The number of nitrogens with zero attached hydrogens (tertiary/aromatic N) is 1. The van der Waals surface area contributed by atoms with Crippen LogP contribution in [0.5, 0.6) is 0 Å². The number of hydrogen-bond acceptors (Lipinski definition) is 3. The quantitative estimate of drug-likeness (QED) is 0.465. The Morgan fingerprint density at radius 1 is 1.88 bits per heavy atom. The Hall–Kier alpha value is -0.250. The fourth-order valence-electron chi connectivity index (χ4n) is 0.192. The van der Waals surface area contributed by atoms with Crippen LogP contribution in [0.2, 0.25) is 0 Å². The van der Waals surface area contributed by atoms with Crippen molar-refractivity contribution < 1.29 is 14.0 Å². The second-order valence-corrected chi connectivity index (χ2v) is 2.39. The number of rotatable bonds is 3. The Kier molecular flexibility index (Phi) is 2.82. The topological polar surface area (TPSA) is 76.0 Å². The van der Waals surface area contributed by atoms with Gasteiger partial charge in [0.15, 0.2) is 0 Å². The molecule has 0 aromatic carbocycles. The van der Waals surface area contributed by atoms with E-state index in [1.165, 1.54) is 6.92 Å². The maximum absolute atomic E-state index is 10.0. The lowest BCUT2D eigenvalue weighted by atomic mass is 10.9. The van der Waals surface area contributed by atoms with E-state index in [-0.39, 0.29) is 6.61 Å². The zero-order valence-corrected chi connectivity index (χ0v) is 5.17. The first-order valence-corrected chi connectivity index (χ1v) is 3.47. The molecule has 1 atom stereocenters. The molecule has 0 aromatic rings. The van der Waals surface area contributed by atoms with Gasteiger partial charge in [-0.1, -0.05) is 0 Å². The molecule has 8 heavy (non-hydrogen) atoms. The summed E-state index contributed by atoms with van der Waals surface area (Å²) in [6.07, 6.45) is 0. The van der Waals surface area contributed by atoms with Crippen LogP contribution >= 0.6 is 7.75 Å². The van der Waals surface area contributed by atoms with Gasteiger partial charge in [0.05, 0.1) is 6.61 Å². The van der Waals surface area contributed by atoms with Crippen LogP contribution in [0.15, 0.2) is 4.95 Å². The van der Waals surface area contributed by atoms with Gasteiger partial charge in [-0.15, -0.1) is 4.91 Å². The Balaban J connectivity index is 3.73. The van der Waals surface area contributed by atoms with Crippen molar-refractivity contribution in [2.45, 2.75) is 6.92 Å². The van der Waals surface area contributed by atoms with Crippen molar-refractivity contribution in [3.63, 3.8) is 0 Å². The van der Waals surface area contributed by atoms with E-state index in [1.807, 2.05) is 4.95 Å². The molecule has 5 nitrogen and oxygen atoms in total. The molecule has 0 radical (unpaired) electrons. The Labute approximate surface area is 46.2 Å². The molecule has 0 saturated carbocycles. The summed E-state index contributed by atoms with van der Waals surface area (Å²) < 4.78 is 14.0. The smallest absolute Gasteiger partial charge is 0.305 e. The predicted octanol–water partition coefficient (Wildman–Crippen LogP) is 0.890. The highest BCUT2D eigenvalue weighted by Crippen LogP contribution is 2.42. The molecule has 0 amide bonds. The molecular weight excluding hydrogens is 133 g/mol. The van der Waals surface area contributed by atoms with Gasteiger partial charge in [0, 0.05) is 4.95 Å². The zero-order chi connectivity index (χ0) is 6.62. The molecule has 0 aliphatic rings. The van der Waals surface area contributed by atoms with Crippen molar-refractivity contribution >= 4 is 7.75 Å². The zero-order valence-electron chi connectivity index (χ0n) is 4.27. The van der Waals surface area contributed by atoms with Crippen molar-refractivity contribution in [1.29, 1.82) is 0 Å². The van der Waals surface area contributed by atoms with E-state index < -0.39 is 7.75 Å². The van der Waals surface area contributed by atoms with Crippen LogP contribution in [0.3, 0.4) is 0 Å². The largest absolute Gasteiger partial charge is 0.487 e. The average molecular weight is 139 g/mol. The van der Waals surface area contributed by atoms with Crippen LogP contribution in [-0.4, -0.2) is 11.5 Å². The molecule has 48 valence electrons. The fraction of sp³-hybridized carbons (Fsp3) is 1.00. The highest BCUT2D eigenvalue weighted by atomic mass is 31.2. The van der Waals surface area contributed by atoms with Gasteiger partial charge in [0.1, 0.15) is 0 Å². The highest BCUT2D eigenvalue weighted by molar-refractivity contribution is 7.51. The summed E-state index contributed by atoms with van der Waals surface area (Å²) >= 11 is 0. The molecular formula is C2H6NO4P. The molecule has 0 rings (SSSR count). The number of hydrogen-bond donors (Lipinski definition) is 1. The third-order valence-electron chi connectivity index (χ3n) is 0.400. The van der Waals surface area contributed by atoms with Crippen LogP contribution in [-0.2, 0) is 9.09 Å². The minimum Gasteiger partial charge on any atom is -0.305 e. The third kappa shape index (κ3) is 2.85. The monoisotopic (exact) mass is 139 g/mol. The van der Waals surface area contributed by atoms with Crippen molar-refractivity contribution in [2.24, 2.45) is 4.95 Å². The van der Waals surface area contributed by atoms with Gasteiger partial charge in [-0.25, -0.2) is 4.57 Å². The van der Waals surface area contributed by atoms with Crippen LogP contribution in [0.1, 0.15) is 6.92 Å². The van der Waals surface area contributed by atoms with E-state index in [4.69, 9.17) is 4.89 Å². The molecule has 1 N–H and O–H groups in total. The van der Waals surface area contributed by atoms with Crippen LogP contribution < -0.4 is 0 Å². The second kappa shape index (κ2) is 2.91. The molecule has 0 bridgehead atoms. The maximum atomic E-state index is 10.0. The van der Waals surface area contributed by atoms with Gasteiger partial charge < -0.3 is 4.89 Å². The minimum atomic E-state index is -4.10. The van der Waals surface area contributed by atoms with Crippen LogP contribution in [0.4, 0.5) is 0 Å². The van der Waals surface area contributed by atoms with Gasteiger partial charge in [0.25, 0.3) is 0 Å². The summed E-state index contributed by atoms with van der Waals surface area (Å²) in [5, 5.41) is 0. The van der Waals surface area contributed by atoms with Crippen molar-refractivity contribution in [1.82, 2.24) is 0 Å². The first-order chi connectivity index (χ1) is 3.62. The SMILES string of the molecule is CCOP(=O)(O)N=O. The van der Waals surface area contributed by atoms with Crippen LogP contribution in [0.25, 0.3) is 0 Å². The highest BCUT2D eigenvalue weighted by Gasteiger charge is 2.17. The Bertz CT molecular complexity index is 123. The number of nitroso groups, excluding NO2 is 1. The van der Waals surface area contributed by atoms with E-state index in [0.29, 0.717) is 0 Å². The first kappa shape index (κ1) is 7.75. The molecule has 0 heterocycles. The molecule has 0 saturated heterocycles. The van der Waals surface area contributed by atoms with Gasteiger partial charge in [-0.3, -0.25) is 4.52 Å². The van der Waals surface area contributed by atoms with Crippen LogP contribution in [0, 0.1) is 4.91 Å². The van der Waals surface area contributed by atoms with E-state index in [0.717, 1.165) is 0 Å². The van der Waals surface area contributed by atoms with Gasteiger partial charge >= 0.3 is 7.75 Å². The lowest BCUT2D eigenvalue weighted by Gasteiger charge is -1.96. The molecule has 0 fully saturated rings. The summed E-state index contributed by atoms with van der Waals surface area (Å²) in [6.45, 7) is 1.51. The summed E-state index contributed by atoms with van der Waals surface area (Å²) in [4.78, 5) is 19.4. The normalized spacial score (nSPS) is 17.2. The predicted molar refractivity (Wildman–Crippen MR) is 27.2 cm³/mol. The van der Waals surface area contributed by atoms with Crippen molar-refractivity contribution in [3.8, 4) is 0 Å². The Morgan fingerprint density at radius 3 is 2.50 bits per heavy atom. The molecule has 6 heteroatoms. The average Bonchev–Trinajstić information content (AvgIpc) is 1.67. The summed E-state index contributed by atoms with van der Waals surface area (Å²) in [5.74, 6) is 0. The Morgan fingerprint density at radius 2 is 2.38 bits per heavy atom. The lowest BCUT2D eigenvalue weighted by Crippen LogP contribution is -1.82. The van der Waals surface area contributed by atoms with Gasteiger partial charge in [-0.05, 0) is 6.92 Å². The molecule has 1 unspecified atom stereocenters. The molecule has 0 aliphatic carbocycles. The first-order valence-electron chi connectivity index (χ1n) is 1.94. The third-order valence-corrected chi connectivity index (χ3v) is 1.20. The second-order valence-electron chi connectivity index (χ2n) is 0.990. The van der Waals surface area contributed by atoms with Gasteiger partial charge in [-0.2, -0.15) is 0 Å². The maximum Gasteiger partial charge on any atom is 0.487 e. The standard InChI is InChI=1S/C2H6NO4P/c1-2-7-8(5,6)3-4/h2H2,1H3,(H,5,6). The van der Waals surface area contributed by atoms with E-state index in [2.05, 4.69) is 4.52 Å². The fourth-order valence-corrected chi connectivity index (χ4v) is 0.575. The molecule has 0 aliphatic heterocycles. The summed E-state index contributed by atoms with van der Waals surface area (Å²) in [5.41, 5.74) is 0. The van der Waals surface area contributed by atoms with E-state index in [1.54, 1.807) is 0 Å². The molecule has 0 spiro atoms. The summed E-state index contributed by atoms with van der Waals surface area (Å²) in [6, 6.07) is 0. The molecule has 0 aromatic heterocycles. The lowest BCUT2D eigenvalue weighted by molar-refractivity contribution is 0.274. The van der Waals surface area contributed by atoms with Gasteiger partial charge in [0.2, 0.25) is 0 Å².